The normalized spacial score (nSPS) is 10.6. The van der Waals surface area contributed by atoms with Gasteiger partial charge in [0.05, 0.1) is 19.9 Å². The van der Waals surface area contributed by atoms with Crippen LogP contribution in [0.5, 0.6) is 5.75 Å². The van der Waals surface area contributed by atoms with E-state index in [1.807, 2.05) is 30.3 Å². The summed E-state index contributed by atoms with van der Waals surface area (Å²) in [6.07, 6.45) is 1.61. The average molecular weight is 354 g/mol. The molecule has 0 atom stereocenters. The quantitative estimate of drug-likeness (QED) is 0.683. The van der Waals surface area contributed by atoms with Gasteiger partial charge in [-0.1, -0.05) is 41.6 Å². The molecule has 0 bridgehead atoms. The second kappa shape index (κ2) is 7.77. The van der Waals surface area contributed by atoms with Gasteiger partial charge >= 0.3 is 0 Å². The van der Waals surface area contributed by atoms with Crippen molar-refractivity contribution < 1.29 is 13.9 Å². The van der Waals surface area contributed by atoms with Crippen LogP contribution in [0, 0.1) is 5.82 Å². The number of hydrogen-bond donors (Lipinski definition) is 0. The Hall–Kier alpha value is -3.22. The first-order valence-corrected chi connectivity index (χ1v) is 8.09. The molecule has 0 saturated heterocycles. The number of halogens is 1. The topological polar surface area (TPSA) is 60.2 Å². The molecule has 1 aromatic heterocycles. The lowest BCUT2D eigenvalue weighted by atomic mass is 10.2. The highest BCUT2D eigenvalue weighted by Gasteiger charge is 2.17. The van der Waals surface area contributed by atoms with Crippen LogP contribution < -0.4 is 4.74 Å². The van der Waals surface area contributed by atoms with Gasteiger partial charge in [-0.15, -0.1) is 5.10 Å². The Kier molecular flexibility index (Phi) is 5.26. The van der Waals surface area contributed by atoms with Crippen LogP contribution in [0.3, 0.4) is 0 Å². The van der Waals surface area contributed by atoms with Crippen molar-refractivity contribution in [2.24, 2.45) is 0 Å². The number of amides is 1. The molecule has 0 radical (unpaired) electrons. The lowest BCUT2D eigenvalue weighted by molar-refractivity contribution is 0.0779. The maximum atomic E-state index is 13.8. The first-order valence-electron chi connectivity index (χ1n) is 8.09. The molecule has 0 spiro atoms. The number of ether oxygens (including phenoxy) is 1. The van der Waals surface area contributed by atoms with E-state index in [2.05, 4.69) is 10.3 Å². The predicted molar refractivity (Wildman–Crippen MR) is 94.3 cm³/mol. The molecule has 0 unspecified atom stereocenters. The molecule has 1 heterocycles. The van der Waals surface area contributed by atoms with Gasteiger partial charge in [0.15, 0.2) is 17.3 Å². The van der Waals surface area contributed by atoms with E-state index in [4.69, 9.17) is 4.74 Å². The summed E-state index contributed by atoms with van der Waals surface area (Å²) in [7, 11) is 3.05. The summed E-state index contributed by atoms with van der Waals surface area (Å²) < 4.78 is 20.3. The molecular weight excluding hydrogens is 335 g/mol. The number of aromatic nitrogens is 3. The van der Waals surface area contributed by atoms with Gasteiger partial charge in [-0.3, -0.25) is 4.79 Å². The van der Waals surface area contributed by atoms with E-state index in [0.29, 0.717) is 12.1 Å². The Morgan fingerprint density at radius 2 is 1.96 bits per heavy atom. The summed E-state index contributed by atoms with van der Waals surface area (Å²) in [5.74, 6) is -0.563. The fraction of sp³-hybridized carbons (Fsp3) is 0.211. The average Bonchev–Trinajstić information content (AvgIpc) is 3.10. The van der Waals surface area contributed by atoms with Crippen LogP contribution in [-0.2, 0) is 13.1 Å². The Morgan fingerprint density at radius 1 is 1.19 bits per heavy atom. The van der Waals surface area contributed by atoms with Crippen molar-refractivity contribution in [1.29, 1.82) is 0 Å². The number of nitrogens with zero attached hydrogens (tertiary/aromatic N) is 4. The van der Waals surface area contributed by atoms with Crippen molar-refractivity contribution in [3.05, 3.63) is 77.4 Å². The SMILES string of the molecule is COc1ccc(CN(C)C(=O)c2cn(Cc3ccccc3)nn2)cc1F. The Morgan fingerprint density at radius 3 is 2.65 bits per heavy atom. The number of carbonyl (C=O) groups is 1. The highest BCUT2D eigenvalue weighted by atomic mass is 19.1. The zero-order chi connectivity index (χ0) is 18.5. The summed E-state index contributed by atoms with van der Waals surface area (Å²) in [5, 5.41) is 7.95. The van der Waals surface area contributed by atoms with Gasteiger partial charge in [-0.25, -0.2) is 9.07 Å². The molecule has 0 N–H and O–H groups in total. The molecule has 1 amide bonds. The summed E-state index contributed by atoms with van der Waals surface area (Å²) in [6.45, 7) is 0.791. The minimum Gasteiger partial charge on any atom is -0.494 e. The fourth-order valence-electron chi connectivity index (χ4n) is 2.59. The van der Waals surface area contributed by atoms with Gasteiger partial charge in [0.25, 0.3) is 5.91 Å². The van der Waals surface area contributed by atoms with Gasteiger partial charge in [0.1, 0.15) is 0 Å². The molecule has 0 aliphatic carbocycles. The third kappa shape index (κ3) is 4.05. The number of benzene rings is 2. The van der Waals surface area contributed by atoms with Crippen LogP contribution >= 0.6 is 0 Å². The largest absolute Gasteiger partial charge is 0.494 e. The molecule has 0 fully saturated rings. The van der Waals surface area contributed by atoms with E-state index in [1.165, 1.54) is 18.1 Å². The summed E-state index contributed by atoms with van der Waals surface area (Å²) >= 11 is 0. The monoisotopic (exact) mass is 354 g/mol. The maximum absolute atomic E-state index is 13.8. The zero-order valence-electron chi connectivity index (χ0n) is 14.6. The number of methoxy groups -OCH3 is 1. The zero-order valence-corrected chi connectivity index (χ0v) is 14.6. The van der Waals surface area contributed by atoms with Crippen LogP contribution in [0.2, 0.25) is 0 Å². The van der Waals surface area contributed by atoms with Crippen LogP contribution in [0.25, 0.3) is 0 Å². The van der Waals surface area contributed by atoms with E-state index in [0.717, 1.165) is 5.56 Å². The minimum absolute atomic E-state index is 0.173. The van der Waals surface area contributed by atoms with Gasteiger partial charge in [0, 0.05) is 13.6 Å². The highest BCUT2D eigenvalue weighted by Crippen LogP contribution is 2.18. The van der Waals surface area contributed by atoms with Gasteiger partial charge in [-0.05, 0) is 23.3 Å². The second-order valence-electron chi connectivity index (χ2n) is 5.92. The molecule has 26 heavy (non-hydrogen) atoms. The number of rotatable bonds is 6. The van der Waals surface area contributed by atoms with E-state index >= 15 is 0 Å². The number of carbonyl (C=O) groups excluding carboxylic acids is 1. The van der Waals surface area contributed by atoms with Crippen LogP contribution in [-0.4, -0.2) is 40.0 Å². The van der Waals surface area contributed by atoms with Crippen molar-refractivity contribution in [3.63, 3.8) is 0 Å². The summed E-state index contributed by atoms with van der Waals surface area (Å²) in [4.78, 5) is 14.0. The van der Waals surface area contributed by atoms with Gasteiger partial charge < -0.3 is 9.64 Å². The van der Waals surface area contributed by atoms with Crippen molar-refractivity contribution in [1.82, 2.24) is 19.9 Å². The molecule has 0 aliphatic heterocycles. The van der Waals surface area contributed by atoms with Crippen molar-refractivity contribution >= 4 is 5.91 Å². The van der Waals surface area contributed by atoms with Gasteiger partial charge in [0.2, 0.25) is 0 Å². The third-order valence-electron chi connectivity index (χ3n) is 3.93. The van der Waals surface area contributed by atoms with Crippen molar-refractivity contribution in [2.75, 3.05) is 14.2 Å². The standard InChI is InChI=1S/C19H19FN4O2/c1-23(11-15-8-9-18(26-2)16(20)10-15)19(25)17-13-24(22-21-17)12-14-6-4-3-5-7-14/h3-10,13H,11-12H2,1-2H3. The highest BCUT2D eigenvalue weighted by molar-refractivity contribution is 5.91. The second-order valence-corrected chi connectivity index (χ2v) is 5.92. The van der Waals surface area contributed by atoms with Crippen molar-refractivity contribution in [2.45, 2.75) is 13.1 Å². The fourth-order valence-corrected chi connectivity index (χ4v) is 2.59. The van der Waals surface area contributed by atoms with Crippen LogP contribution in [0.1, 0.15) is 21.6 Å². The molecule has 0 aliphatic rings. The molecule has 6 nitrogen and oxygen atoms in total. The first kappa shape index (κ1) is 17.6. The van der Waals surface area contributed by atoms with Crippen molar-refractivity contribution in [3.8, 4) is 5.75 Å². The minimum atomic E-state index is -0.459. The Labute approximate surface area is 150 Å². The lowest BCUT2D eigenvalue weighted by Gasteiger charge is -2.16. The lowest BCUT2D eigenvalue weighted by Crippen LogP contribution is -2.26. The smallest absolute Gasteiger partial charge is 0.276 e. The molecule has 134 valence electrons. The van der Waals surface area contributed by atoms with E-state index < -0.39 is 5.82 Å². The maximum Gasteiger partial charge on any atom is 0.276 e. The molecule has 3 aromatic rings. The summed E-state index contributed by atoms with van der Waals surface area (Å²) in [5.41, 5.74) is 1.98. The molecule has 7 heteroatoms. The van der Waals surface area contributed by atoms with E-state index in [1.54, 1.807) is 30.1 Å². The first-order chi connectivity index (χ1) is 12.6. The van der Waals surface area contributed by atoms with E-state index in [-0.39, 0.29) is 23.9 Å². The number of hydrogen-bond acceptors (Lipinski definition) is 4. The third-order valence-corrected chi connectivity index (χ3v) is 3.93. The van der Waals surface area contributed by atoms with Gasteiger partial charge in [-0.2, -0.15) is 0 Å². The Balaban J connectivity index is 1.66. The molecular formula is C19H19FN4O2. The molecule has 0 saturated carbocycles. The molecule has 2 aromatic carbocycles. The van der Waals surface area contributed by atoms with Crippen LogP contribution in [0.15, 0.2) is 54.7 Å². The summed E-state index contributed by atoms with van der Waals surface area (Å²) in [6, 6.07) is 14.4. The molecule has 3 rings (SSSR count). The predicted octanol–water partition coefficient (Wildman–Crippen LogP) is 2.75. The van der Waals surface area contributed by atoms with Crippen LogP contribution in [0.4, 0.5) is 4.39 Å². The Bertz CT molecular complexity index is 896. The van der Waals surface area contributed by atoms with E-state index in [9.17, 15) is 9.18 Å².